The van der Waals surface area contributed by atoms with Crippen molar-refractivity contribution in [3.8, 4) is 0 Å². The summed E-state index contributed by atoms with van der Waals surface area (Å²) < 4.78 is 0. The molecule has 0 aromatic rings. The third kappa shape index (κ3) is 7.07. The Morgan fingerprint density at radius 1 is 1.67 bits per heavy atom. The molecule has 0 aliphatic heterocycles. The zero-order chi connectivity index (χ0) is 9.40. The molecule has 0 heterocycles. The highest BCUT2D eigenvalue weighted by atomic mass is 35.7. The summed E-state index contributed by atoms with van der Waals surface area (Å²) in [5.41, 5.74) is 0. The van der Waals surface area contributed by atoms with E-state index in [4.69, 9.17) is 28.1 Å². The van der Waals surface area contributed by atoms with Crippen LogP contribution in [0, 0.1) is 0 Å². The van der Waals surface area contributed by atoms with Gasteiger partial charge in [0.05, 0.1) is 0 Å². The van der Waals surface area contributed by atoms with E-state index in [9.17, 15) is 4.79 Å². The molecule has 72 valence electrons. The minimum Gasteiger partial charge on any atom is -0.481 e. The van der Waals surface area contributed by atoms with Crippen LogP contribution in [0.25, 0.3) is 0 Å². The molecule has 0 amide bonds. The smallest absolute Gasteiger partial charge is 0.303 e. The van der Waals surface area contributed by atoms with Gasteiger partial charge >= 0.3 is 5.97 Å². The summed E-state index contributed by atoms with van der Waals surface area (Å²) in [6.45, 7) is 0.508. The van der Waals surface area contributed by atoms with E-state index >= 15 is 0 Å². The quantitative estimate of drug-likeness (QED) is 0.458. The highest BCUT2D eigenvalue weighted by molar-refractivity contribution is 7.66. The lowest BCUT2D eigenvalue weighted by molar-refractivity contribution is -0.137. The first-order chi connectivity index (χ1) is 5.70. The number of halogens is 2. The molecule has 0 aromatic heterocycles. The minimum absolute atomic E-state index is 0.0226. The molecular formula is C5H11Cl2N2O2P. The van der Waals surface area contributed by atoms with Crippen LogP contribution < -0.4 is 9.92 Å². The third-order valence-corrected chi connectivity index (χ3v) is 2.29. The Balaban J connectivity index is 3.54. The number of carbonyl (C=O) groups is 1. The molecule has 7 heteroatoms. The molecular weight excluding hydrogens is 222 g/mol. The Bertz CT molecular complexity index is 133. The fraction of sp³-hybridized carbons (Fsp3) is 0.800. The highest BCUT2D eigenvalue weighted by Gasteiger charge is 2.08. The molecule has 0 spiro atoms. The molecule has 3 N–H and O–H groups in total. The van der Waals surface area contributed by atoms with E-state index in [0.717, 1.165) is 0 Å². The first-order valence-corrected chi connectivity index (χ1v) is 5.76. The van der Waals surface area contributed by atoms with Gasteiger partial charge in [-0.25, -0.2) is 4.84 Å². The fourth-order valence-corrected chi connectivity index (χ4v) is 1.74. The number of hydrogen-bond acceptors (Lipinski definition) is 3. The summed E-state index contributed by atoms with van der Waals surface area (Å²) in [4.78, 5) is 12.6. The number of nitrogens with one attached hydrogen (secondary N) is 2. The lowest BCUT2D eigenvalue weighted by Gasteiger charge is -2.13. The Morgan fingerprint density at radius 3 is 2.75 bits per heavy atom. The van der Waals surface area contributed by atoms with Gasteiger partial charge in [0.15, 0.2) is 0 Å². The van der Waals surface area contributed by atoms with Crippen LogP contribution in [0.15, 0.2) is 0 Å². The van der Waals surface area contributed by atoms with E-state index in [0.29, 0.717) is 13.0 Å². The Labute approximate surface area is 82.7 Å². The topological polar surface area (TPSA) is 61.4 Å². The van der Waals surface area contributed by atoms with Crippen molar-refractivity contribution in [3.05, 3.63) is 0 Å². The van der Waals surface area contributed by atoms with Crippen molar-refractivity contribution >= 4 is 37.1 Å². The fourth-order valence-electron chi connectivity index (χ4n) is 0.693. The second-order valence-electron chi connectivity index (χ2n) is 2.21. The molecule has 2 unspecified atom stereocenters. The first kappa shape index (κ1) is 12.4. The number of carboxylic acid groups (broad SMARTS) is 1. The lowest BCUT2D eigenvalue weighted by Crippen LogP contribution is -2.31. The molecule has 0 aliphatic rings. The molecule has 0 saturated carbocycles. The Kier molecular flexibility index (Phi) is 8.29. The second-order valence-corrected chi connectivity index (χ2v) is 3.52. The van der Waals surface area contributed by atoms with Gasteiger partial charge < -0.3 is 5.11 Å². The van der Waals surface area contributed by atoms with Gasteiger partial charge in [-0.05, 0) is 18.2 Å². The summed E-state index contributed by atoms with van der Waals surface area (Å²) >= 11 is 10.7. The number of hydrogen-bond donors (Lipinski definition) is 3. The molecule has 0 rings (SSSR count). The SMILES string of the molecule is O=C(O)CCC(CNCl)NPCl. The number of rotatable bonds is 7. The molecule has 0 fully saturated rings. The van der Waals surface area contributed by atoms with Gasteiger partial charge in [0.1, 0.15) is 0 Å². The van der Waals surface area contributed by atoms with Crippen LogP contribution in [-0.2, 0) is 4.79 Å². The van der Waals surface area contributed by atoms with Crippen LogP contribution in [0.2, 0.25) is 0 Å². The zero-order valence-corrected chi connectivity index (χ0v) is 8.82. The van der Waals surface area contributed by atoms with Crippen molar-refractivity contribution in [3.63, 3.8) is 0 Å². The average molecular weight is 233 g/mol. The first-order valence-electron chi connectivity index (χ1n) is 3.37. The van der Waals surface area contributed by atoms with Crippen molar-refractivity contribution < 1.29 is 9.90 Å². The molecule has 0 aliphatic carbocycles. The van der Waals surface area contributed by atoms with E-state index in [1.165, 1.54) is 0 Å². The van der Waals surface area contributed by atoms with Crippen molar-refractivity contribution in [1.82, 2.24) is 9.92 Å². The highest BCUT2D eigenvalue weighted by Crippen LogP contribution is 2.12. The molecule has 4 nitrogen and oxygen atoms in total. The lowest BCUT2D eigenvalue weighted by atomic mass is 10.2. The molecule has 12 heavy (non-hydrogen) atoms. The van der Waals surface area contributed by atoms with Crippen LogP contribution in [0.5, 0.6) is 0 Å². The van der Waals surface area contributed by atoms with Crippen molar-refractivity contribution in [2.24, 2.45) is 0 Å². The van der Waals surface area contributed by atoms with E-state index in [1.54, 1.807) is 0 Å². The Morgan fingerprint density at radius 2 is 2.33 bits per heavy atom. The van der Waals surface area contributed by atoms with Crippen molar-refractivity contribution in [1.29, 1.82) is 0 Å². The number of carboxylic acids is 1. The van der Waals surface area contributed by atoms with Crippen LogP contribution in [-0.4, -0.2) is 23.7 Å². The maximum atomic E-state index is 10.2. The van der Waals surface area contributed by atoms with Crippen molar-refractivity contribution in [2.45, 2.75) is 18.9 Å². The molecule has 0 bridgehead atoms. The monoisotopic (exact) mass is 232 g/mol. The summed E-state index contributed by atoms with van der Waals surface area (Å²) in [5.74, 6) is -0.811. The van der Waals surface area contributed by atoms with Crippen molar-refractivity contribution in [2.75, 3.05) is 6.54 Å². The predicted octanol–water partition coefficient (Wildman–Crippen LogP) is 1.30. The zero-order valence-electron chi connectivity index (χ0n) is 6.31. The van der Waals surface area contributed by atoms with Crippen LogP contribution in [0.1, 0.15) is 12.8 Å². The van der Waals surface area contributed by atoms with E-state index in [2.05, 4.69) is 9.92 Å². The minimum atomic E-state index is -0.811. The largest absolute Gasteiger partial charge is 0.481 e. The second kappa shape index (κ2) is 8.02. The number of aliphatic carboxylic acids is 1. The third-order valence-electron chi connectivity index (χ3n) is 1.29. The molecule has 0 radical (unpaired) electrons. The van der Waals surface area contributed by atoms with Gasteiger partial charge in [0.2, 0.25) is 0 Å². The van der Waals surface area contributed by atoms with Gasteiger partial charge in [-0.2, -0.15) is 0 Å². The summed E-state index contributed by atoms with van der Waals surface area (Å²) in [6, 6.07) is 0.0226. The van der Waals surface area contributed by atoms with Crippen LogP contribution in [0.4, 0.5) is 0 Å². The molecule has 0 aromatic carbocycles. The molecule has 0 saturated heterocycles. The van der Waals surface area contributed by atoms with Crippen LogP contribution in [0.3, 0.4) is 0 Å². The van der Waals surface area contributed by atoms with Crippen LogP contribution >= 0.6 is 31.1 Å². The van der Waals surface area contributed by atoms with Gasteiger partial charge in [-0.1, -0.05) is 11.2 Å². The van der Waals surface area contributed by atoms with E-state index < -0.39 is 5.97 Å². The Hall–Kier alpha value is 0.400. The summed E-state index contributed by atoms with van der Waals surface area (Å²) in [7, 11) is 0.0820. The summed E-state index contributed by atoms with van der Waals surface area (Å²) in [5, 5.41) is 11.3. The van der Waals surface area contributed by atoms with Gasteiger partial charge in [0.25, 0.3) is 0 Å². The standard InChI is InChI=1S/C5H11Cl2N2O2P/c6-8-3-4(9-12-7)1-2-5(10)11/h4,8-9,12H,1-3H2,(H,10,11). The maximum Gasteiger partial charge on any atom is 0.303 e. The average Bonchev–Trinajstić information content (AvgIpc) is 2.01. The normalized spacial score (nSPS) is 13.8. The predicted molar refractivity (Wildman–Crippen MR) is 51.8 cm³/mol. The van der Waals surface area contributed by atoms with E-state index in [-0.39, 0.29) is 20.5 Å². The maximum absolute atomic E-state index is 10.2. The summed E-state index contributed by atoms with van der Waals surface area (Å²) in [6.07, 6.45) is 0.645. The van der Waals surface area contributed by atoms with Gasteiger partial charge in [0, 0.05) is 27.1 Å². The molecule has 2 atom stereocenters. The van der Waals surface area contributed by atoms with E-state index in [1.807, 2.05) is 0 Å². The van der Waals surface area contributed by atoms with Gasteiger partial charge in [-0.3, -0.25) is 9.88 Å². The van der Waals surface area contributed by atoms with Gasteiger partial charge in [-0.15, -0.1) is 0 Å².